The number of rotatable bonds is 7. The smallest absolute Gasteiger partial charge is 0.263 e. The lowest BCUT2D eigenvalue weighted by Gasteiger charge is -2.13. The lowest BCUT2D eigenvalue weighted by atomic mass is 10.1. The summed E-state index contributed by atoms with van der Waals surface area (Å²) in [5, 5.41) is 15.1. The van der Waals surface area contributed by atoms with Crippen LogP contribution in [0.15, 0.2) is 28.2 Å². The number of nitrogens with zero attached hydrogens (tertiary/aromatic N) is 2. The van der Waals surface area contributed by atoms with Gasteiger partial charge in [-0.3, -0.25) is 14.2 Å². The maximum Gasteiger partial charge on any atom is 0.263 e. The number of nitrogens with one attached hydrogen (secondary N) is 1. The van der Waals surface area contributed by atoms with Crippen molar-refractivity contribution in [2.45, 2.75) is 51.2 Å². The molecule has 0 unspecified atom stereocenters. The quantitative estimate of drug-likeness (QED) is 0.433. The van der Waals surface area contributed by atoms with Crippen LogP contribution in [0.3, 0.4) is 0 Å². The predicted molar refractivity (Wildman–Crippen MR) is 121 cm³/mol. The van der Waals surface area contributed by atoms with Crippen LogP contribution in [-0.2, 0) is 24.2 Å². The van der Waals surface area contributed by atoms with E-state index in [4.69, 9.17) is 4.98 Å². The number of benzene rings is 1. The van der Waals surface area contributed by atoms with Gasteiger partial charge in [0, 0.05) is 17.1 Å². The molecule has 1 aromatic carbocycles. The Labute approximate surface area is 187 Å². The molecular weight excluding hydrogens is 434 g/mol. The van der Waals surface area contributed by atoms with E-state index in [1.54, 1.807) is 28.9 Å². The second-order valence-corrected chi connectivity index (χ2v) is 9.57. The highest BCUT2D eigenvalue weighted by atomic mass is 32.2. The number of carboxylic acids is 1. The summed E-state index contributed by atoms with van der Waals surface area (Å²) in [4.78, 5) is 43.6. The van der Waals surface area contributed by atoms with E-state index < -0.39 is 5.97 Å². The molecule has 162 valence electrons. The second kappa shape index (κ2) is 8.84. The molecule has 31 heavy (non-hydrogen) atoms. The fraction of sp³-hybridized carbons (Fsp3) is 0.364. The van der Waals surface area contributed by atoms with E-state index in [0.717, 1.165) is 47.0 Å². The molecule has 4 rings (SSSR count). The lowest BCUT2D eigenvalue weighted by Crippen LogP contribution is -2.24. The number of thioether (sulfide) groups is 1. The average Bonchev–Trinajstić information content (AvgIpc) is 3.31. The summed E-state index contributed by atoms with van der Waals surface area (Å²) >= 11 is 2.80. The Hall–Kier alpha value is -2.65. The van der Waals surface area contributed by atoms with Crippen molar-refractivity contribution in [1.29, 1.82) is 0 Å². The van der Waals surface area contributed by atoms with Gasteiger partial charge >= 0.3 is 0 Å². The third-order valence-electron chi connectivity index (χ3n) is 5.32. The summed E-state index contributed by atoms with van der Waals surface area (Å²) < 4.78 is 1.67. The first kappa shape index (κ1) is 21.6. The van der Waals surface area contributed by atoms with Crippen LogP contribution in [-0.4, -0.2) is 27.2 Å². The van der Waals surface area contributed by atoms with E-state index in [1.165, 1.54) is 28.8 Å². The normalized spacial score (nSPS) is 12.8. The number of thiophene rings is 1. The third-order valence-corrected chi connectivity index (χ3v) is 7.48. The fourth-order valence-corrected chi connectivity index (χ4v) is 5.92. The van der Waals surface area contributed by atoms with Gasteiger partial charge in [0.2, 0.25) is 5.91 Å². The molecule has 3 aromatic rings. The van der Waals surface area contributed by atoms with Crippen molar-refractivity contribution < 1.29 is 14.7 Å². The van der Waals surface area contributed by atoms with Gasteiger partial charge in [0.15, 0.2) is 5.16 Å². The summed E-state index contributed by atoms with van der Waals surface area (Å²) in [7, 11) is 0. The molecule has 0 radical (unpaired) electrons. The van der Waals surface area contributed by atoms with Crippen molar-refractivity contribution >= 4 is 50.9 Å². The van der Waals surface area contributed by atoms with E-state index in [0.29, 0.717) is 17.4 Å². The number of anilines is 1. The number of amides is 1. The summed E-state index contributed by atoms with van der Waals surface area (Å²) in [5.74, 6) is -1.54. The summed E-state index contributed by atoms with van der Waals surface area (Å²) in [6.45, 7) is 4.33. The molecule has 0 spiro atoms. The molecule has 0 atom stereocenters. The van der Waals surface area contributed by atoms with Gasteiger partial charge < -0.3 is 15.2 Å². The topological polar surface area (TPSA) is 104 Å². The lowest BCUT2D eigenvalue weighted by molar-refractivity contribution is -0.255. The maximum atomic E-state index is 13.2. The van der Waals surface area contributed by atoms with Crippen LogP contribution in [0.5, 0.6) is 0 Å². The standard InChI is InChI=1S/C22H23N3O4S2/c1-3-9-25-20(27)18-14-5-4-6-16(14)31-19(18)24-22(25)30-11-17(26)23-15-10-13(21(28)29)8-7-12(15)2/h7-8,10H,3-6,9,11H2,1-2H3,(H,23,26)(H,28,29)/p-1. The molecule has 1 amide bonds. The number of carboxylic acid groups (broad SMARTS) is 1. The highest BCUT2D eigenvalue weighted by Crippen LogP contribution is 2.35. The van der Waals surface area contributed by atoms with Gasteiger partial charge in [-0.15, -0.1) is 11.3 Å². The van der Waals surface area contributed by atoms with Crippen LogP contribution in [0.25, 0.3) is 10.2 Å². The number of hydrogen-bond acceptors (Lipinski definition) is 7. The molecule has 9 heteroatoms. The summed E-state index contributed by atoms with van der Waals surface area (Å²) in [6, 6.07) is 4.45. The predicted octanol–water partition coefficient (Wildman–Crippen LogP) is 2.76. The van der Waals surface area contributed by atoms with Gasteiger partial charge in [-0.1, -0.05) is 30.8 Å². The van der Waals surface area contributed by atoms with Gasteiger partial charge in [0.25, 0.3) is 5.56 Å². The van der Waals surface area contributed by atoms with Crippen molar-refractivity contribution in [3.8, 4) is 0 Å². The van der Waals surface area contributed by atoms with Crippen LogP contribution in [0.4, 0.5) is 5.69 Å². The third kappa shape index (κ3) is 4.24. The van der Waals surface area contributed by atoms with Crippen molar-refractivity contribution in [3.63, 3.8) is 0 Å². The number of fused-ring (bicyclic) bond motifs is 3. The molecule has 2 heterocycles. The molecule has 0 bridgehead atoms. The van der Waals surface area contributed by atoms with Crippen molar-refractivity contribution in [3.05, 3.63) is 50.1 Å². The minimum Gasteiger partial charge on any atom is -0.545 e. The highest BCUT2D eigenvalue weighted by molar-refractivity contribution is 7.99. The molecule has 0 fully saturated rings. The van der Waals surface area contributed by atoms with Gasteiger partial charge in [-0.05, 0) is 55.4 Å². The maximum absolute atomic E-state index is 13.2. The summed E-state index contributed by atoms with van der Waals surface area (Å²) in [5.41, 5.74) is 2.31. The van der Waals surface area contributed by atoms with Crippen molar-refractivity contribution in [1.82, 2.24) is 9.55 Å². The number of carbonyl (C=O) groups excluding carboxylic acids is 2. The van der Waals surface area contributed by atoms with Gasteiger partial charge in [-0.25, -0.2) is 4.98 Å². The highest BCUT2D eigenvalue weighted by Gasteiger charge is 2.23. The van der Waals surface area contributed by atoms with Crippen LogP contribution >= 0.6 is 23.1 Å². The van der Waals surface area contributed by atoms with E-state index in [-0.39, 0.29) is 22.8 Å². The van der Waals surface area contributed by atoms with Crippen LogP contribution in [0.2, 0.25) is 0 Å². The average molecular weight is 457 g/mol. The van der Waals surface area contributed by atoms with Gasteiger partial charge in [0.1, 0.15) is 4.83 Å². The van der Waals surface area contributed by atoms with E-state index >= 15 is 0 Å². The van der Waals surface area contributed by atoms with Crippen LogP contribution in [0.1, 0.15) is 46.1 Å². The minimum absolute atomic E-state index is 0.00296. The first-order valence-electron chi connectivity index (χ1n) is 10.2. The van der Waals surface area contributed by atoms with Crippen molar-refractivity contribution in [2.24, 2.45) is 0 Å². The molecule has 7 nitrogen and oxygen atoms in total. The monoisotopic (exact) mass is 456 g/mol. The molecule has 1 aliphatic rings. The molecular formula is C22H22N3O4S2-. The number of aromatic nitrogens is 2. The fourth-order valence-electron chi connectivity index (χ4n) is 3.79. The Kier molecular flexibility index (Phi) is 6.15. The van der Waals surface area contributed by atoms with E-state index in [1.807, 2.05) is 6.92 Å². The Bertz CT molecular complexity index is 1250. The zero-order valence-corrected chi connectivity index (χ0v) is 19.0. The first-order chi connectivity index (χ1) is 14.9. The molecule has 1 N–H and O–H groups in total. The summed E-state index contributed by atoms with van der Waals surface area (Å²) in [6.07, 6.45) is 3.80. The Morgan fingerprint density at radius 2 is 2.13 bits per heavy atom. The van der Waals surface area contributed by atoms with E-state index in [2.05, 4.69) is 5.32 Å². The number of carbonyl (C=O) groups is 2. The zero-order valence-electron chi connectivity index (χ0n) is 17.3. The molecule has 0 aliphatic heterocycles. The van der Waals surface area contributed by atoms with Gasteiger partial charge in [0.05, 0.1) is 17.1 Å². The SMILES string of the molecule is CCCn1c(SCC(=O)Nc2cc(C(=O)[O-])ccc2C)nc2sc3c(c2c1=O)CCC3. The second-order valence-electron chi connectivity index (χ2n) is 7.54. The van der Waals surface area contributed by atoms with Crippen molar-refractivity contribution in [2.75, 3.05) is 11.1 Å². The Morgan fingerprint density at radius 1 is 1.32 bits per heavy atom. The molecule has 0 saturated carbocycles. The molecule has 2 aromatic heterocycles. The number of hydrogen-bond donors (Lipinski definition) is 1. The van der Waals surface area contributed by atoms with Crippen LogP contribution in [0, 0.1) is 6.92 Å². The minimum atomic E-state index is -1.30. The molecule has 1 aliphatic carbocycles. The van der Waals surface area contributed by atoms with Crippen LogP contribution < -0.4 is 16.0 Å². The Balaban J connectivity index is 1.57. The van der Waals surface area contributed by atoms with E-state index in [9.17, 15) is 19.5 Å². The van der Waals surface area contributed by atoms with Gasteiger partial charge in [-0.2, -0.15) is 0 Å². The molecule has 0 saturated heterocycles. The first-order valence-corrected chi connectivity index (χ1v) is 12.0. The number of aromatic carboxylic acids is 1. The number of aryl methyl sites for hydroxylation is 3. The Morgan fingerprint density at radius 3 is 2.87 bits per heavy atom. The zero-order chi connectivity index (χ0) is 22.1. The largest absolute Gasteiger partial charge is 0.545 e.